The second kappa shape index (κ2) is 5.49. The van der Waals surface area contributed by atoms with Crippen molar-refractivity contribution in [3.63, 3.8) is 0 Å². The van der Waals surface area contributed by atoms with E-state index < -0.39 is 0 Å². The topological polar surface area (TPSA) is 24.1 Å². The van der Waals surface area contributed by atoms with Gasteiger partial charge in [0, 0.05) is 18.6 Å². The molecule has 1 aliphatic rings. The molecule has 0 spiro atoms. The molecule has 0 heterocycles. The van der Waals surface area contributed by atoms with Gasteiger partial charge in [0.2, 0.25) is 0 Å². The lowest BCUT2D eigenvalue weighted by Gasteiger charge is -2.12. The molecule has 72 valence electrons. The van der Waals surface area contributed by atoms with Crippen molar-refractivity contribution < 1.29 is 4.39 Å². The monoisotopic (exact) mass is 174 g/mol. The zero-order valence-corrected chi connectivity index (χ0v) is 7.78. The maximum absolute atomic E-state index is 11.7. The van der Waals surface area contributed by atoms with Crippen LogP contribution in [0.2, 0.25) is 0 Å². The van der Waals surface area contributed by atoms with Gasteiger partial charge in [0.25, 0.3) is 0 Å². The van der Waals surface area contributed by atoms with Crippen LogP contribution in [0.3, 0.4) is 0 Å². The average Bonchev–Trinajstić information content (AvgIpc) is 2.84. The zero-order valence-electron chi connectivity index (χ0n) is 7.78. The maximum atomic E-state index is 11.7. The lowest BCUT2D eigenvalue weighted by Crippen LogP contribution is -2.31. The first-order valence-corrected chi connectivity index (χ1v) is 4.85. The Morgan fingerprint density at radius 3 is 2.75 bits per heavy atom. The van der Waals surface area contributed by atoms with E-state index in [0.29, 0.717) is 12.6 Å². The third-order valence-corrected chi connectivity index (χ3v) is 2.18. The normalized spacial score (nSPS) is 19.5. The highest BCUT2D eigenvalue weighted by atomic mass is 19.1. The summed E-state index contributed by atoms with van der Waals surface area (Å²) in [5.74, 6) is 0. The average molecular weight is 174 g/mol. The molecule has 1 unspecified atom stereocenters. The van der Waals surface area contributed by atoms with E-state index in [1.165, 1.54) is 12.8 Å². The van der Waals surface area contributed by atoms with Crippen molar-refractivity contribution >= 4 is 0 Å². The molecule has 0 aromatic heterocycles. The van der Waals surface area contributed by atoms with E-state index in [1.54, 1.807) is 0 Å². The summed E-state index contributed by atoms with van der Waals surface area (Å²) in [6.45, 7) is 3.39. The van der Waals surface area contributed by atoms with Gasteiger partial charge in [-0.3, -0.25) is 0 Å². The Kier molecular flexibility index (Phi) is 4.54. The van der Waals surface area contributed by atoms with Gasteiger partial charge in [0.1, 0.15) is 6.67 Å². The lowest BCUT2D eigenvalue weighted by molar-refractivity contribution is 0.424. The minimum atomic E-state index is -0.263. The van der Waals surface area contributed by atoms with Gasteiger partial charge in [-0.15, -0.1) is 0 Å². The molecule has 1 fully saturated rings. The van der Waals surface area contributed by atoms with Gasteiger partial charge >= 0.3 is 0 Å². The van der Waals surface area contributed by atoms with Crippen LogP contribution in [0.5, 0.6) is 0 Å². The fourth-order valence-electron chi connectivity index (χ4n) is 1.19. The molecule has 2 nitrogen and oxygen atoms in total. The SMILES string of the molecule is CC(CCNC1CC1)NCCF. The highest BCUT2D eigenvalue weighted by molar-refractivity contribution is 4.81. The molecule has 1 saturated carbocycles. The van der Waals surface area contributed by atoms with Gasteiger partial charge in [0.05, 0.1) is 0 Å². The molecule has 0 amide bonds. The van der Waals surface area contributed by atoms with Crippen molar-refractivity contribution in [1.29, 1.82) is 0 Å². The zero-order chi connectivity index (χ0) is 8.81. The quantitative estimate of drug-likeness (QED) is 0.603. The van der Waals surface area contributed by atoms with E-state index in [9.17, 15) is 4.39 Å². The fraction of sp³-hybridized carbons (Fsp3) is 1.00. The number of rotatable bonds is 7. The van der Waals surface area contributed by atoms with Crippen LogP contribution in [0.1, 0.15) is 26.2 Å². The van der Waals surface area contributed by atoms with E-state index in [0.717, 1.165) is 19.0 Å². The first-order chi connectivity index (χ1) is 5.83. The third-order valence-electron chi connectivity index (χ3n) is 2.18. The van der Waals surface area contributed by atoms with Crippen molar-refractivity contribution in [1.82, 2.24) is 10.6 Å². The lowest BCUT2D eigenvalue weighted by atomic mass is 10.2. The van der Waals surface area contributed by atoms with E-state index >= 15 is 0 Å². The number of halogens is 1. The van der Waals surface area contributed by atoms with Crippen LogP contribution in [0.15, 0.2) is 0 Å². The standard InChI is InChI=1S/C9H19FN2/c1-8(11-7-5-10)4-6-12-9-2-3-9/h8-9,11-12H,2-7H2,1H3. The molecule has 1 atom stereocenters. The van der Waals surface area contributed by atoms with Gasteiger partial charge in [-0.2, -0.15) is 0 Å². The summed E-state index contributed by atoms with van der Waals surface area (Å²) in [5, 5.41) is 6.54. The first kappa shape index (κ1) is 9.93. The van der Waals surface area contributed by atoms with Gasteiger partial charge in [0.15, 0.2) is 0 Å². The maximum Gasteiger partial charge on any atom is 0.102 e. The predicted molar refractivity (Wildman–Crippen MR) is 49.1 cm³/mol. The van der Waals surface area contributed by atoms with Gasteiger partial charge in [-0.1, -0.05) is 0 Å². The summed E-state index contributed by atoms with van der Waals surface area (Å²) in [4.78, 5) is 0. The molecule has 0 aliphatic heterocycles. The summed E-state index contributed by atoms with van der Waals surface area (Å²) in [6.07, 6.45) is 3.77. The highest BCUT2D eigenvalue weighted by Gasteiger charge is 2.19. The molecular weight excluding hydrogens is 155 g/mol. The van der Waals surface area contributed by atoms with Crippen LogP contribution in [0, 0.1) is 0 Å². The molecule has 0 radical (unpaired) electrons. The van der Waals surface area contributed by atoms with Crippen molar-refractivity contribution in [3.8, 4) is 0 Å². The van der Waals surface area contributed by atoms with Gasteiger partial charge in [-0.25, -0.2) is 4.39 Å². The number of alkyl halides is 1. The minimum absolute atomic E-state index is 0.263. The van der Waals surface area contributed by atoms with Crippen molar-refractivity contribution in [2.24, 2.45) is 0 Å². The molecule has 0 aromatic rings. The van der Waals surface area contributed by atoms with E-state index in [-0.39, 0.29) is 6.67 Å². The third kappa shape index (κ3) is 4.67. The molecule has 1 rings (SSSR count). The smallest absolute Gasteiger partial charge is 0.102 e. The van der Waals surface area contributed by atoms with E-state index in [1.807, 2.05) is 0 Å². The Labute approximate surface area is 73.9 Å². The van der Waals surface area contributed by atoms with Crippen LogP contribution in [0.4, 0.5) is 4.39 Å². The van der Waals surface area contributed by atoms with Crippen molar-refractivity contribution in [2.75, 3.05) is 19.8 Å². The van der Waals surface area contributed by atoms with E-state index in [2.05, 4.69) is 17.6 Å². The Morgan fingerprint density at radius 1 is 1.42 bits per heavy atom. The summed E-state index contributed by atoms with van der Waals surface area (Å²) < 4.78 is 11.7. The summed E-state index contributed by atoms with van der Waals surface area (Å²) in [7, 11) is 0. The molecule has 1 aliphatic carbocycles. The second-order valence-corrected chi connectivity index (χ2v) is 3.56. The molecule has 3 heteroatoms. The Morgan fingerprint density at radius 2 is 2.17 bits per heavy atom. The molecular formula is C9H19FN2. The van der Waals surface area contributed by atoms with Crippen LogP contribution in [-0.4, -0.2) is 31.8 Å². The largest absolute Gasteiger partial charge is 0.314 e. The summed E-state index contributed by atoms with van der Waals surface area (Å²) >= 11 is 0. The molecule has 0 aromatic carbocycles. The summed E-state index contributed by atoms with van der Waals surface area (Å²) in [5.41, 5.74) is 0. The van der Waals surface area contributed by atoms with Crippen LogP contribution >= 0.6 is 0 Å². The molecule has 2 N–H and O–H groups in total. The minimum Gasteiger partial charge on any atom is -0.314 e. The Bertz CT molecular complexity index is 115. The molecule has 0 saturated heterocycles. The summed E-state index contributed by atoms with van der Waals surface area (Å²) in [6, 6.07) is 1.23. The van der Waals surface area contributed by atoms with Gasteiger partial charge in [-0.05, 0) is 32.7 Å². The van der Waals surface area contributed by atoms with E-state index in [4.69, 9.17) is 0 Å². The molecule has 12 heavy (non-hydrogen) atoms. The first-order valence-electron chi connectivity index (χ1n) is 4.85. The number of hydrogen-bond acceptors (Lipinski definition) is 2. The van der Waals surface area contributed by atoms with Crippen LogP contribution in [-0.2, 0) is 0 Å². The Balaban J connectivity index is 1.83. The predicted octanol–water partition coefficient (Wildman–Crippen LogP) is 1.08. The van der Waals surface area contributed by atoms with Gasteiger partial charge < -0.3 is 10.6 Å². The highest BCUT2D eigenvalue weighted by Crippen LogP contribution is 2.18. The van der Waals surface area contributed by atoms with Crippen LogP contribution < -0.4 is 10.6 Å². The Hall–Kier alpha value is -0.150. The number of hydrogen-bond donors (Lipinski definition) is 2. The number of nitrogens with one attached hydrogen (secondary N) is 2. The van der Waals surface area contributed by atoms with Crippen LogP contribution in [0.25, 0.3) is 0 Å². The second-order valence-electron chi connectivity index (χ2n) is 3.56. The van der Waals surface area contributed by atoms with Crippen molar-refractivity contribution in [2.45, 2.75) is 38.3 Å². The van der Waals surface area contributed by atoms with Crippen molar-refractivity contribution in [3.05, 3.63) is 0 Å². The molecule has 0 bridgehead atoms. The fourth-order valence-corrected chi connectivity index (χ4v) is 1.19.